The van der Waals surface area contributed by atoms with Crippen molar-refractivity contribution in [2.24, 2.45) is 7.05 Å². The van der Waals surface area contributed by atoms with Crippen LogP contribution in [0.5, 0.6) is 0 Å². The molecule has 0 amide bonds. The van der Waals surface area contributed by atoms with Crippen LogP contribution in [0.15, 0.2) is 35.4 Å². The van der Waals surface area contributed by atoms with Crippen LogP contribution >= 0.6 is 0 Å². The largest absolute Gasteiger partial charge is 0.305 e. The summed E-state index contributed by atoms with van der Waals surface area (Å²) in [5.41, 5.74) is 2.75. The average molecular weight is 284 g/mol. The maximum atomic E-state index is 13.3. The monoisotopic (exact) mass is 284 g/mol. The maximum absolute atomic E-state index is 13.3. The van der Waals surface area contributed by atoms with Gasteiger partial charge in [0.15, 0.2) is 0 Å². The van der Waals surface area contributed by atoms with E-state index in [4.69, 9.17) is 0 Å². The molecule has 1 aromatic heterocycles. The molecule has 0 radical (unpaired) electrons. The van der Waals surface area contributed by atoms with Gasteiger partial charge in [-0.1, -0.05) is 12.1 Å². The van der Waals surface area contributed by atoms with Crippen molar-refractivity contribution in [1.82, 2.24) is 14.6 Å². The minimum atomic E-state index is -3.80. The highest BCUT2D eigenvalue weighted by atomic mass is 32.2. The van der Waals surface area contributed by atoms with E-state index in [0.29, 0.717) is 5.69 Å². The molecule has 19 heavy (non-hydrogen) atoms. The van der Waals surface area contributed by atoms with E-state index in [9.17, 15) is 12.8 Å². The third kappa shape index (κ3) is 2.91. The molecular formula is C11H13FN4O2S. The standard InChI is InChI=1S/C11H13FN4O2S/c1-8-11(7-16(2)14-8)19(17,18)15-13-10-6-4-3-5-9(10)12/h3-7,13,15H,1-2H3. The minimum absolute atomic E-state index is 0.0406. The van der Waals surface area contributed by atoms with Gasteiger partial charge in [-0.25, -0.2) is 12.8 Å². The Bertz CT molecular complexity index is 696. The van der Waals surface area contributed by atoms with Crippen molar-refractivity contribution < 1.29 is 12.8 Å². The number of sulfonamides is 1. The first-order chi connectivity index (χ1) is 8.90. The zero-order valence-electron chi connectivity index (χ0n) is 10.4. The van der Waals surface area contributed by atoms with E-state index in [1.165, 1.54) is 29.1 Å². The number of hydrogen-bond acceptors (Lipinski definition) is 4. The van der Waals surface area contributed by atoms with E-state index >= 15 is 0 Å². The molecule has 2 N–H and O–H groups in total. The number of aryl methyl sites for hydroxylation is 2. The fourth-order valence-electron chi connectivity index (χ4n) is 1.58. The first-order valence-electron chi connectivity index (χ1n) is 5.43. The number of hydrogen-bond donors (Lipinski definition) is 2. The molecule has 0 fully saturated rings. The van der Waals surface area contributed by atoms with Gasteiger partial charge in [0, 0.05) is 13.2 Å². The predicted molar refractivity (Wildman–Crippen MR) is 68.3 cm³/mol. The van der Waals surface area contributed by atoms with Crippen LogP contribution in [0, 0.1) is 12.7 Å². The van der Waals surface area contributed by atoms with Crippen LogP contribution in [0.2, 0.25) is 0 Å². The van der Waals surface area contributed by atoms with E-state index in [0.717, 1.165) is 0 Å². The number of para-hydroxylation sites is 1. The Balaban J connectivity index is 2.19. The molecule has 8 heteroatoms. The van der Waals surface area contributed by atoms with E-state index < -0.39 is 15.8 Å². The molecule has 0 saturated heterocycles. The molecule has 0 aliphatic carbocycles. The highest BCUT2D eigenvalue weighted by Crippen LogP contribution is 2.14. The molecule has 2 aromatic rings. The molecule has 0 aliphatic heterocycles. The molecule has 1 heterocycles. The van der Waals surface area contributed by atoms with Crippen molar-refractivity contribution in [1.29, 1.82) is 0 Å². The van der Waals surface area contributed by atoms with Gasteiger partial charge in [0.1, 0.15) is 10.7 Å². The third-order valence-electron chi connectivity index (χ3n) is 2.45. The Morgan fingerprint density at radius 3 is 2.58 bits per heavy atom. The molecule has 0 atom stereocenters. The van der Waals surface area contributed by atoms with Gasteiger partial charge in [-0.05, 0) is 19.1 Å². The Hall–Kier alpha value is -1.93. The van der Waals surface area contributed by atoms with Crippen molar-refractivity contribution in [2.45, 2.75) is 11.8 Å². The van der Waals surface area contributed by atoms with Gasteiger partial charge in [0.05, 0.1) is 11.4 Å². The Labute approximate surface area is 110 Å². The molecule has 1 aromatic carbocycles. The predicted octanol–water partition coefficient (Wildman–Crippen LogP) is 1.17. The highest BCUT2D eigenvalue weighted by Gasteiger charge is 2.19. The first kappa shape index (κ1) is 13.5. The number of benzene rings is 1. The number of halogens is 1. The molecule has 6 nitrogen and oxygen atoms in total. The summed E-state index contributed by atoms with van der Waals surface area (Å²) < 4.78 is 38.7. The van der Waals surface area contributed by atoms with Crippen LogP contribution in [-0.4, -0.2) is 18.2 Å². The molecule has 0 unspecified atom stereocenters. The molecule has 0 saturated carbocycles. The van der Waals surface area contributed by atoms with Crippen LogP contribution in [0.3, 0.4) is 0 Å². The summed E-state index contributed by atoms with van der Waals surface area (Å²) in [6.07, 6.45) is 1.38. The highest BCUT2D eigenvalue weighted by molar-refractivity contribution is 7.89. The lowest BCUT2D eigenvalue weighted by Gasteiger charge is -2.09. The van der Waals surface area contributed by atoms with Crippen LogP contribution in [0.1, 0.15) is 5.69 Å². The lowest BCUT2D eigenvalue weighted by Crippen LogP contribution is -2.30. The van der Waals surface area contributed by atoms with E-state index in [-0.39, 0.29) is 10.6 Å². The number of rotatable bonds is 4. The smallest absolute Gasteiger partial charge is 0.260 e. The molecule has 102 valence electrons. The zero-order valence-corrected chi connectivity index (χ0v) is 11.2. The van der Waals surface area contributed by atoms with Crippen LogP contribution in [0.4, 0.5) is 10.1 Å². The van der Waals surface area contributed by atoms with Crippen LogP contribution in [0.25, 0.3) is 0 Å². The van der Waals surface area contributed by atoms with Crippen molar-refractivity contribution in [3.63, 3.8) is 0 Å². The van der Waals surface area contributed by atoms with Crippen LogP contribution < -0.4 is 10.3 Å². The van der Waals surface area contributed by atoms with Gasteiger partial charge in [-0.3, -0.25) is 4.68 Å². The summed E-state index contributed by atoms with van der Waals surface area (Å²) in [5, 5.41) is 3.95. The first-order valence-corrected chi connectivity index (χ1v) is 6.91. The van der Waals surface area contributed by atoms with Gasteiger partial charge in [-0.2, -0.15) is 5.10 Å². The van der Waals surface area contributed by atoms with Crippen LogP contribution in [-0.2, 0) is 17.1 Å². The summed E-state index contributed by atoms with van der Waals surface area (Å²) >= 11 is 0. The number of hydrazine groups is 1. The second-order valence-corrected chi connectivity index (χ2v) is 5.61. The lowest BCUT2D eigenvalue weighted by atomic mass is 10.3. The maximum Gasteiger partial charge on any atom is 0.260 e. The third-order valence-corrected chi connectivity index (χ3v) is 3.80. The minimum Gasteiger partial charge on any atom is -0.305 e. The molecule has 2 rings (SSSR count). The van der Waals surface area contributed by atoms with E-state index in [1.807, 2.05) is 0 Å². The number of anilines is 1. The van der Waals surface area contributed by atoms with Gasteiger partial charge >= 0.3 is 0 Å². The lowest BCUT2D eigenvalue weighted by molar-refractivity contribution is 0.586. The summed E-state index contributed by atoms with van der Waals surface area (Å²) in [6.45, 7) is 1.58. The Kier molecular flexibility index (Phi) is 3.54. The second kappa shape index (κ2) is 4.98. The molecule has 0 aliphatic rings. The zero-order chi connectivity index (χ0) is 14.0. The summed E-state index contributed by atoms with van der Waals surface area (Å²) in [7, 11) is -2.17. The van der Waals surface area contributed by atoms with Gasteiger partial charge in [-0.15, -0.1) is 4.83 Å². The fraction of sp³-hybridized carbons (Fsp3) is 0.182. The molecule has 0 bridgehead atoms. The fourth-order valence-corrected chi connectivity index (χ4v) is 2.66. The normalized spacial score (nSPS) is 11.5. The van der Waals surface area contributed by atoms with Gasteiger partial charge in [0.2, 0.25) is 0 Å². The van der Waals surface area contributed by atoms with Crippen molar-refractivity contribution >= 4 is 15.7 Å². The topological polar surface area (TPSA) is 76.0 Å². The summed E-state index contributed by atoms with van der Waals surface area (Å²) in [4.78, 5) is 2.16. The summed E-state index contributed by atoms with van der Waals surface area (Å²) in [6, 6.07) is 5.76. The van der Waals surface area contributed by atoms with Crippen molar-refractivity contribution in [2.75, 3.05) is 5.43 Å². The second-order valence-electron chi connectivity index (χ2n) is 3.96. The quantitative estimate of drug-likeness (QED) is 0.826. The van der Waals surface area contributed by atoms with Gasteiger partial charge < -0.3 is 5.43 Å². The van der Waals surface area contributed by atoms with Crippen molar-refractivity contribution in [3.05, 3.63) is 42.0 Å². The summed E-state index contributed by atoms with van der Waals surface area (Å²) in [5.74, 6) is -0.548. The molecule has 0 spiro atoms. The Morgan fingerprint density at radius 1 is 1.32 bits per heavy atom. The number of aromatic nitrogens is 2. The van der Waals surface area contributed by atoms with Crippen molar-refractivity contribution in [3.8, 4) is 0 Å². The van der Waals surface area contributed by atoms with E-state index in [2.05, 4.69) is 15.4 Å². The Morgan fingerprint density at radius 2 is 2.00 bits per heavy atom. The average Bonchev–Trinajstić information content (AvgIpc) is 2.68. The molecular weight excluding hydrogens is 271 g/mol. The number of nitrogens with one attached hydrogen (secondary N) is 2. The van der Waals surface area contributed by atoms with E-state index in [1.54, 1.807) is 20.0 Å². The van der Waals surface area contributed by atoms with Gasteiger partial charge in [0.25, 0.3) is 10.0 Å². The number of nitrogens with zero attached hydrogens (tertiary/aromatic N) is 2. The SMILES string of the molecule is Cc1nn(C)cc1S(=O)(=O)NNc1ccccc1F.